The molecule has 0 fully saturated rings. The van der Waals surface area contributed by atoms with Crippen molar-refractivity contribution in [1.82, 2.24) is 25.9 Å². The molecule has 8 nitrogen and oxygen atoms in total. The Morgan fingerprint density at radius 3 is 2.48 bits per heavy atom. The van der Waals surface area contributed by atoms with Crippen LogP contribution in [-0.2, 0) is 25.8 Å². The molecule has 0 saturated heterocycles. The molecule has 25 heavy (non-hydrogen) atoms. The highest BCUT2D eigenvalue weighted by molar-refractivity contribution is 14.0. The summed E-state index contributed by atoms with van der Waals surface area (Å²) in [7, 11) is 0. The topological polar surface area (TPSA) is 101 Å². The maximum atomic E-state index is 5.38. The van der Waals surface area contributed by atoms with Crippen molar-refractivity contribution >= 4 is 29.9 Å². The van der Waals surface area contributed by atoms with Gasteiger partial charge in [-0.05, 0) is 20.3 Å². The Morgan fingerprint density at radius 2 is 1.88 bits per heavy atom. The fourth-order valence-corrected chi connectivity index (χ4v) is 2.35. The minimum atomic E-state index is 0. The number of rotatable bonds is 8. The molecule has 0 atom stereocenters. The zero-order valence-corrected chi connectivity index (χ0v) is 17.6. The smallest absolute Gasteiger partial charge is 0.228 e. The summed E-state index contributed by atoms with van der Waals surface area (Å²) in [5.41, 5.74) is 2.07. The largest absolute Gasteiger partial charge is 0.361 e. The highest BCUT2D eigenvalue weighted by atomic mass is 127. The third-order valence-corrected chi connectivity index (χ3v) is 3.55. The third kappa shape index (κ3) is 6.29. The molecule has 0 aliphatic rings. The summed E-state index contributed by atoms with van der Waals surface area (Å²) in [6.07, 6.45) is 2.31. The van der Waals surface area contributed by atoms with Gasteiger partial charge in [0.25, 0.3) is 0 Å². The second kappa shape index (κ2) is 11.1. The SMILES string of the molecule is CCNC(=NCc1c(CC)noc1CC)NCCc1nc(C)no1.I. The van der Waals surface area contributed by atoms with Crippen molar-refractivity contribution in [2.45, 2.75) is 53.5 Å². The van der Waals surface area contributed by atoms with Crippen molar-refractivity contribution in [3.8, 4) is 0 Å². The van der Waals surface area contributed by atoms with E-state index >= 15 is 0 Å². The van der Waals surface area contributed by atoms with Crippen molar-refractivity contribution < 1.29 is 9.05 Å². The van der Waals surface area contributed by atoms with E-state index in [1.807, 2.05) is 13.8 Å². The van der Waals surface area contributed by atoms with Gasteiger partial charge in [-0.15, -0.1) is 24.0 Å². The van der Waals surface area contributed by atoms with E-state index in [9.17, 15) is 0 Å². The molecule has 2 aromatic heterocycles. The lowest BCUT2D eigenvalue weighted by Crippen LogP contribution is -2.38. The van der Waals surface area contributed by atoms with Crippen LogP contribution in [0.25, 0.3) is 0 Å². The normalized spacial score (nSPS) is 11.3. The van der Waals surface area contributed by atoms with Crippen molar-refractivity contribution in [3.63, 3.8) is 0 Å². The fourth-order valence-electron chi connectivity index (χ4n) is 2.35. The van der Waals surface area contributed by atoms with Gasteiger partial charge >= 0.3 is 0 Å². The molecule has 0 saturated carbocycles. The van der Waals surface area contributed by atoms with Crippen LogP contribution < -0.4 is 10.6 Å². The van der Waals surface area contributed by atoms with E-state index in [2.05, 4.69) is 44.8 Å². The van der Waals surface area contributed by atoms with E-state index in [0.29, 0.717) is 31.2 Å². The molecule has 0 aliphatic carbocycles. The summed E-state index contributed by atoms with van der Waals surface area (Å²) < 4.78 is 10.5. The van der Waals surface area contributed by atoms with Gasteiger partial charge in [0, 0.05) is 31.5 Å². The molecule has 0 spiro atoms. The van der Waals surface area contributed by atoms with Crippen molar-refractivity contribution in [2.24, 2.45) is 4.99 Å². The first-order chi connectivity index (χ1) is 11.7. The number of halogens is 1. The van der Waals surface area contributed by atoms with Gasteiger partial charge in [0.1, 0.15) is 5.76 Å². The van der Waals surface area contributed by atoms with Crippen LogP contribution in [0, 0.1) is 6.92 Å². The number of guanidine groups is 1. The molecular formula is C16H27IN6O2. The van der Waals surface area contributed by atoms with Gasteiger partial charge in [0.15, 0.2) is 11.8 Å². The second-order valence-electron chi connectivity index (χ2n) is 5.35. The molecule has 0 amide bonds. The number of hydrogen-bond acceptors (Lipinski definition) is 6. The lowest BCUT2D eigenvalue weighted by Gasteiger charge is -2.10. The summed E-state index contributed by atoms with van der Waals surface area (Å²) in [5.74, 6) is 2.93. The first-order valence-electron chi connectivity index (χ1n) is 8.45. The Bertz CT molecular complexity index is 646. The number of hydrogen-bond donors (Lipinski definition) is 2. The summed E-state index contributed by atoms with van der Waals surface area (Å²) in [6, 6.07) is 0. The number of aromatic nitrogens is 3. The monoisotopic (exact) mass is 462 g/mol. The minimum absolute atomic E-state index is 0. The zero-order valence-electron chi connectivity index (χ0n) is 15.3. The summed E-state index contributed by atoms with van der Waals surface area (Å²) >= 11 is 0. The average Bonchev–Trinajstić information content (AvgIpc) is 3.17. The van der Waals surface area contributed by atoms with Crippen LogP contribution in [0.3, 0.4) is 0 Å². The quantitative estimate of drug-likeness (QED) is 0.353. The maximum absolute atomic E-state index is 5.38. The highest BCUT2D eigenvalue weighted by Gasteiger charge is 2.13. The van der Waals surface area contributed by atoms with Gasteiger partial charge in [0.05, 0.1) is 12.2 Å². The lowest BCUT2D eigenvalue weighted by atomic mass is 10.1. The fraction of sp³-hybridized carbons (Fsp3) is 0.625. The van der Waals surface area contributed by atoms with Crippen molar-refractivity contribution in [3.05, 3.63) is 28.7 Å². The van der Waals surface area contributed by atoms with E-state index < -0.39 is 0 Å². The molecule has 9 heteroatoms. The first-order valence-corrected chi connectivity index (χ1v) is 8.45. The number of aryl methyl sites for hydroxylation is 3. The number of aliphatic imine (C=N–C) groups is 1. The summed E-state index contributed by atoms with van der Waals surface area (Å²) in [6.45, 7) is 9.97. The molecule has 2 heterocycles. The molecule has 140 valence electrons. The average molecular weight is 462 g/mol. The van der Waals surface area contributed by atoms with Crippen LogP contribution in [0.5, 0.6) is 0 Å². The number of nitrogens with one attached hydrogen (secondary N) is 2. The van der Waals surface area contributed by atoms with Crippen molar-refractivity contribution in [2.75, 3.05) is 13.1 Å². The van der Waals surface area contributed by atoms with Crippen LogP contribution in [0.4, 0.5) is 0 Å². The molecule has 2 rings (SSSR count). The van der Waals surface area contributed by atoms with Gasteiger partial charge in [-0.2, -0.15) is 4.98 Å². The molecule has 2 N–H and O–H groups in total. The minimum Gasteiger partial charge on any atom is -0.361 e. The van der Waals surface area contributed by atoms with Crippen LogP contribution >= 0.6 is 24.0 Å². The zero-order chi connectivity index (χ0) is 17.4. The Hall–Kier alpha value is -1.65. The Kier molecular flexibility index (Phi) is 9.46. The van der Waals surface area contributed by atoms with Gasteiger partial charge in [-0.25, -0.2) is 4.99 Å². The predicted molar refractivity (Wildman–Crippen MR) is 106 cm³/mol. The lowest BCUT2D eigenvalue weighted by molar-refractivity contribution is 0.374. The van der Waals surface area contributed by atoms with E-state index in [0.717, 1.165) is 42.4 Å². The van der Waals surface area contributed by atoms with Crippen LogP contribution in [-0.4, -0.2) is 34.3 Å². The molecule has 0 unspecified atom stereocenters. The highest BCUT2D eigenvalue weighted by Crippen LogP contribution is 2.16. The first kappa shape index (κ1) is 21.4. The molecular weight excluding hydrogens is 435 g/mol. The molecule has 0 radical (unpaired) electrons. The summed E-state index contributed by atoms with van der Waals surface area (Å²) in [4.78, 5) is 8.82. The Labute approximate surface area is 165 Å². The molecule has 0 aliphatic heterocycles. The predicted octanol–water partition coefficient (Wildman–Crippen LogP) is 2.41. The molecule has 2 aromatic rings. The second-order valence-corrected chi connectivity index (χ2v) is 5.35. The van der Waals surface area contributed by atoms with E-state index in [4.69, 9.17) is 9.05 Å². The van der Waals surface area contributed by atoms with Crippen LogP contribution in [0.2, 0.25) is 0 Å². The Balaban J connectivity index is 0.00000312. The van der Waals surface area contributed by atoms with Crippen molar-refractivity contribution in [1.29, 1.82) is 0 Å². The van der Waals surface area contributed by atoms with E-state index in [-0.39, 0.29) is 24.0 Å². The van der Waals surface area contributed by atoms with Gasteiger partial charge < -0.3 is 19.7 Å². The molecule has 0 bridgehead atoms. The number of nitrogens with zero attached hydrogens (tertiary/aromatic N) is 4. The summed E-state index contributed by atoms with van der Waals surface area (Å²) in [5, 5.41) is 14.4. The van der Waals surface area contributed by atoms with Gasteiger partial charge in [-0.3, -0.25) is 0 Å². The molecule has 0 aromatic carbocycles. The standard InChI is InChI=1S/C16H26N6O2.HI/c1-5-13-12(14(6-2)23-22-13)10-19-16(17-7-3)18-9-8-15-20-11(4)21-24-15;/h5-10H2,1-4H3,(H2,17,18,19);1H. The third-order valence-electron chi connectivity index (χ3n) is 3.55. The van der Waals surface area contributed by atoms with Crippen LogP contribution in [0.15, 0.2) is 14.0 Å². The van der Waals surface area contributed by atoms with Crippen LogP contribution in [0.1, 0.15) is 49.5 Å². The van der Waals surface area contributed by atoms with Gasteiger partial charge in [-0.1, -0.05) is 24.2 Å². The maximum Gasteiger partial charge on any atom is 0.228 e. The van der Waals surface area contributed by atoms with E-state index in [1.165, 1.54) is 0 Å². The Morgan fingerprint density at radius 1 is 1.08 bits per heavy atom. The van der Waals surface area contributed by atoms with Gasteiger partial charge in [0.2, 0.25) is 5.89 Å². The van der Waals surface area contributed by atoms with E-state index in [1.54, 1.807) is 0 Å².